The van der Waals surface area contributed by atoms with E-state index < -0.39 is 60.4 Å². The molecular weight excluding hydrogens is 625 g/mol. The largest absolute Gasteiger partial charge is 0.307 e. The van der Waals surface area contributed by atoms with E-state index in [4.69, 9.17) is 21.8 Å². The summed E-state index contributed by atoms with van der Waals surface area (Å²) in [5, 5.41) is 3.76. The highest BCUT2D eigenvalue weighted by Gasteiger charge is 2.24. The first-order valence-corrected chi connectivity index (χ1v) is 16.4. The molecule has 0 aliphatic carbocycles. The Labute approximate surface area is 304 Å². The molecule has 12 aromatic rings. The Morgan fingerprint density at radius 1 is 0.373 bits per heavy atom. The van der Waals surface area contributed by atoms with Gasteiger partial charge < -0.3 is 4.40 Å². The van der Waals surface area contributed by atoms with Crippen molar-refractivity contribution in [2.75, 3.05) is 0 Å². The van der Waals surface area contributed by atoms with Gasteiger partial charge in [0.2, 0.25) is 11.9 Å². The molecule has 0 fully saturated rings. The summed E-state index contributed by atoms with van der Waals surface area (Å²) in [5.74, 6) is 0.277. The fraction of sp³-hybridized carbons (Fsp3) is 0. The second-order valence-electron chi connectivity index (χ2n) is 12.5. The van der Waals surface area contributed by atoms with Crippen molar-refractivity contribution in [3.63, 3.8) is 0 Å². The van der Waals surface area contributed by atoms with E-state index in [0.717, 1.165) is 43.6 Å². The van der Waals surface area contributed by atoms with Crippen molar-refractivity contribution in [1.82, 2.24) is 28.5 Å². The van der Waals surface area contributed by atoms with E-state index in [-0.39, 0.29) is 61.4 Å². The van der Waals surface area contributed by atoms with Crippen LogP contribution in [0.2, 0.25) is 0 Å². The van der Waals surface area contributed by atoms with Crippen molar-refractivity contribution in [2.24, 2.45) is 0 Å². The summed E-state index contributed by atoms with van der Waals surface area (Å²) >= 11 is 0. The molecule has 5 heterocycles. The summed E-state index contributed by atoms with van der Waals surface area (Å²) in [6.07, 6.45) is 0. The molecule has 0 N–H and O–H groups in total. The van der Waals surface area contributed by atoms with Crippen molar-refractivity contribution in [3.05, 3.63) is 157 Å². The number of nitrogens with zero attached hydrogens (tertiary/aromatic N) is 6. The van der Waals surface area contributed by atoms with E-state index >= 15 is 0 Å². The van der Waals surface area contributed by atoms with Gasteiger partial charge in [0.25, 0.3) is 0 Å². The molecule has 0 spiro atoms. The average Bonchev–Trinajstić information content (AvgIpc) is 4.01. The van der Waals surface area contributed by atoms with E-state index in [1.165, 1.54) is 4.40 Å². The number of benzene rings is 7. The van der Waals surface area contributed by atoms with Gasteiger partial charge in [-0.15, -0.1) is 0 Å². The molecule has 236 valence electrons. The molecule has 0 aliphatic rings. The lowest BCUT2D eigenvalue weighted by Crippen LogP contribution is -2.10. The molecule has 0 bridgehead atoms. The van der Waals surface area contributed by atoms with Crippen molar-refractivity contribution in [1.29, 1.82) is 0 Å². The molecule has 0 atom stereocenters. The summed E-state index contributed by atoms with van der Waals surface area (Å²) in [6.45, 7) is 0. The number of fused-ring (bicyclic) bond motifs is 12. The second kappa shape index (κ2) is 9.77. The monoisotopic (exact) mass is 660 g/mol. The Morgan fingerprint density at radius 2 is 0.804 bits per heavy atom. The fourth-order valence-corrected chi connectivity index (χ4v) is 7.88. The number of rotatable bonds is 3. The maximum atomic E-state index is 9.62. The molecule has 6 heteroatoms. The van der Waals surface area contributed by atoms with Gasteiger partial charge in [0.1, 0.15) is 0 Å². The number of aromatic nitrogens is 6. The van der Waals surface area contributed by atoms with E-state index in [1.54, 1.807) is 0 Å². The molecule has 0 saturated heterocycles. The van der Waals surface area contributed by atoms with E-state index in [0.29, 0.717) is 0 Å². The summed E-state index contributed by atoms with van der Waals surface area (Å²) in [6, 6.07) is 26.7. The molecule has 6 nitrogen and oxygen atoms in total. The molecule has 0 unspecified atom stereocenters. The third-order valence-corrected chi connectivity index (χ3v) is 9.93. The zero-order chi connectivity index (χ0) is 41.9. The Hall–Kier alpha value is -7.05. The number of hydrogen-bond donors (Lipinski definition) is 0. The second-order valence-corrected chi connectivity index (χ2v) is 12.5. The SMILES string of the molecule is [2H]c1c([2H])c([2H])c2c(c1[2H])c1c([2H])c([2H])c([2H])c3c4c([2H])c([2H])c([2H])c(-c5nc(-n6c7ccccc7c7ccccc76)nc(-n6c7ccccc7c7ccccc76)n5)c4n2c13. The van der Waals surface area contributed by atoms with Gasteiger partial charge >= 0.3 is 0 Å². The molecule has 0 amide bonds. The van der Waals surface area contributed by atoms with E-state index in [2.05, 4.69) is 0 Å². The molecule has 5 aromatic heterocycles. The summed E-state index contributed by atoms with van der Waals surface area (Å²) in [4.78, 5) is 15.4. The Kier molecular flexibility index (Phi) is 3.68. The van der Waals surface area contributed by atoms with Crippen LogP contribution in [-0.4, -0.2) is 28.5 Å². The first-order chi connectivity index (χ1) is 29.5. The highest BCUT2D eigenvalue weighted by atomic mass is 15.3. The van der Waals surface area contributed by atoms with Gasteiger partial charge in [0, 0.05) is 48.7 Å². The van der Waals surface area contributed by atoms with Gasteiger partial charge in [0.15, 0.2) is 5.82 Å². The third-order valence-electron chi connectivity index (χ3n) is 9.93. The van der Waals surface area contributed by atoms with Crippen molar-refractivity contribution in [2.45, 2.75) is 0 Å². The van der Waals surface area contributed by atoms with Crippen molar-refractivity contribution >= 4 is 81.7 Å². The zero-order valence-electron chi connectivity index (χ0n) is 36.4. The minimum Gasteiger partial charge on any atom is -0.307 e. The van der Waals surface area contributed by atoms with Crippen molar-refractivity contribution < 1.29 is 13.7 Å². The normalized spacial score (nSPS) is 15.1. The molecule has 51 heavy (non-hydrogen) atoms. The van der Waals surface area contributed by atoms with Gasteiger partial charge in [-0.1, -0.05) is 121 Å². The minimum absolute atomic E-state index is 0.000973. The lowest BCUT2D eigenvalue weighted by atomic mass is 10.1. The number of para-hydroxylation sites is 7. The van der Waals surface area contributed by atoms with Crippen LogP contribution >= 0.6 is 0 Å². The van der Waals surface area contributed by atoms with Gasteiger partial charge in [-0.3, -0.25) is 9.13 Å². The summed E-state index contributed by atoms with van der Waals surface area (Å²) < 4.78 is 95.9. The zero-order valence-corrected chi connectivity index (χ0v) is 26.4. The molecule has 0 aliphatic heterocycles. The van der Waals surface area contributed by atoms with Crippen LogP contribution in [0, 0.1) is 0 Å². The van der Waals surface area contributed by atoms with E-state index in [1.807, 2.05) is 106 Å². The quantitative estimate of drug-likeness (QED) is 0.189. The summed E-state index contributed by atoms with van der Waals surface area (Å²) in [5.41, 5.74) is 3.20. The Morgan fingerprint density at radius 3 is 1.35 bits per heavy atom. The lowest BCUT2D eigenvalue weighted by Gasteiger charge is -2.13. The van der Waals surface area contributed by atoms with Crippen molar-refractivity contribution in [3.8, 4) is 23.3 Å². The summed E-state index contributed by atoms with van der Waals surface area (Å²) in [7, 11) is 0. The van der Waals surface area contributed by atoms with Gasteiger partial charge in [-0.05, 0) is 36.4 Å². The fourth-order valence-electron chi connectivity index (χ4n) is 7.88. The minimum atomic E-state index is -0.548. The standard InChI is InChI=1S/C45H26N6/c1-6-22-36-27(13-1)28-14-2-7-23-37(28)49(36)44-46-43(47-45(48-44)50-38-24-8-3-15-29(38)30-16-4-9-25-39(30)50)35-21-12-20-34-33-19-11-18-32-31-17-5-10-26-40(31)51(41(32)33)42(34)35/h1-26H/i5D,10D,11D,12D,17D,18D,19D,20D,21D,26D. The van der Waals surface area contributed by atoms with Crippen LogP contribution in [0.4, 0.5) is 0 Å². The molecular formula is C45H26N6. The maximum absolute atomic E-state index is 9.62. The Balaban J connectivity index is 1.33. The topological polar surface area (TPSA) is 52.9 Å². The van der Waals surface area contributed by atoms with Gasteiger partial charge in [-0.2, -0.15) is 15.0 Å². The first kappa shape index (κ1) is 19.2. The Bertz CT molecular complexity index is 3720. The van der Waals surface area contributed by atoms with Gasteiger partial charge in [-0.25, -0.2) is 0 Å². The maximum Gasteiger partial charge on any atom is 0.240 e. The van der Waals surface area contributed by atoms with Crippen LogP contribution in [0.5, 0.6) is 0 Å². The molecule has 0 saturated carbocycles. The van der Waals surface area contributed by atoms with Crippen LogP contribution in [0.25, 0.3) is 105 Å². The molecule has 12 rings (SSSR count). The van der Waals surface area contributed by atoms with Crippen LogP contribution in [0.1, 0.15) is 13.7 Å². The number of hydrogen-bond acceptors (Lipinski definition) is 3. The van der Waals surface area contributed by atoms with Crippen LogP contribution in [0.15, 0.2) is 157 Å². The molecule has 7 aromatic carbocycles. The van der Waals surface area contributed by atoms with E-state index in [9.17, 15) is 6.85 Å². The highest BCUT2D eigenvalue weighted by Crippen LogP contribution is 2.42. The smallest absolute Gasteiger partial charge is 0.240 e. The predicted octanol–water partition coefficient (Wildman–Crippen LogP) is 10.9. The van der Waals surface area contributed by atoms with Crippen LogP contribution in [-0.2, 0) is 0 Å². The predicted molar refractivity (Wildman–Crippen MR) is 209 cm³/mol. The molecule has 0 radical (unpaired) electrons. The third kappa shape index (κ3) is 3.48. The van der Waals surface area contributed by atoms with Gasteiger partial charge in [0.05, 0.1) is 52.3 Å². The highest BCUT2D eigenvalue weighted by molar-refractivity contribution is 6.25. The van der Waals surface area contributed by atoms with Crippen LogP contribution in [0.3, 0.4) is 0 Å². The first-order valence-electron chi connectivity index (χ1n) is 21.4. The average molecular weight is 661 g/mol. The van der Waals surface area contributed by atoms with Crippen LogP contribution < -0.4 is 0 Å². The lowest BCUT2D eigenvalue weighted by molar-refractivity contribution is 0.893.